The highest BCUT2D eigenvalue weighted by molar-refractivity contribution is 5.68. The minimum absolute atomic E-state index is 0.174. The molecule has 27 heavy (non-hydrogen) atoms. The van der Waals surface area contributed by atoms with Crippen molar-refractivity contribution in [2.75, 3.05) is 19.7 Å². The number of hydrogen-bond donors (Lipinski definition) is 0. The van der Waals surface area contributed by atoms with E-state index >= 15 is 0 Å². The van der Waals surface area contributed by atoms with Gasteiger partial charge in [0.25, 0.3) is 0 Å². The van der Waals surface area contributed by atoms with Crippen molar-refractivity contribution < 1.29 is 9.15 Å². The quantitative estimate of drug-likeness (QED) is 0.818. The molecule has 0 spiro atoms. The fourth-order valence-corrected chi connectivity index (χ4v) is 4.93. The van der Waals surface area contributed by atoms with Crippen LogP contribution in [0.2, 0.25) is 0 Å². The maximum atomic E-state index is 12.4. The van der Waals surface area contributed by atoms with Crippen molar-refractivity contribution in [1.82, 2.24) is 14.5 Å². The van der Waals surface area contributed by atoms with Crippen LogP contribution in [-0.2, 0) is 4.74 Å². The average Bonchev–Trinajstić information content (AvgIpc) is 2.99. The van der Waals surface area contributed by atoms with Crippen molar-refractivity contribution >= 4 is 11.2 Å². The van der Waals surface area contributed by atoms with Crippen molar-refractivity contribution in [3.05, 3.63) is 28.4 Å². The summed E-state index contributed by atoms with van der Waals surface area (Å²) >= 11 is 0. The van der Waals surface area contributed by atoms with Crippen LogP contribution in [0.5, 0.6) is 0 Å². The van der Waals surface area contributed by atoms with Crippen LogP contribution < -0.4 is 5.76 Å². The predicted molar refractivity (Wildman–Crippen MR) is 105 cm³/mol. The first-order valence-corrected chi connectivity index (χ1v) is 10.4. The van der Waals surface area contributed by atoms with Gasteiger partial charge in [0.15, 0.2) is 11.2 Å². The van der Waals surface area contributed by atoms with Gasteiger partial charge < -0.3 is 9.15 Å². The third kappa shape index (κ3) is 3.57. The Balaban J connectivity index is 1.45. The summed E-state index contributed by atoms with van der Waals surface area (Å²) in [4.78, 5) is 19.6. The van der Waals surface area contributed by atoms with E-state index in [9.17, 15) is 4.79 Å². The molecule has 2 aromatic rings. The first-order chi connectivity index (χ1) is 13.0. The predicted octanol–water partition coefficient (Wildman–Crippen LogP) is 3.67. The number of rotatable bonds is 4. The van der Waals surface area contributed by atoms with Gasteiger partial charge >= 0.3 is 5.76 Å². The third-order valence-corrected chi connectivity index (χ3v) is 6.61. The summed E-state index contributed by atoms with van der Waals surface area (Å²) < 4.78 is 13.0. The van der Waals surface area contributed by atoms with Gasteiger partial charge in [0.1, 0.15) is 0 Å². The van der Waals surface area contributed by atoms with Gasteiger partial charge in [-0.3, -0.25) is 9.47 Å². The molecule has 0 atom stereocenters. The molecule has 0 amide bonds. The normalized spacial score (nSPS) is 28.0. The van der Waals surface area contributed by atoms with Crippen LogP contribution in [0, 0.1) is 6.92 Å². The summed E-state index contributed by atoms with van der Waals surface area (Å²) in [5, 5.41) is 0. The highest BCUT2D eigenvalue weighted by Crippen LogP contribution is 2.38. The molecular formula is C21H31N3O3. The molecule has 1 saturated carbocycles. The van der Waals surface area contributed by atoms with E-state index in [0.717, 1.165) is 51.1 Å². The number of fused-ring (bicyclic) bond motifs is 1. The second-order valence-electron chi connectivity index (χ2n) is 8.38. The molecular weight excluding hydrogens is 342 g/mol. The Morgan fingerprint density at radius 2 is 1.93 bits per heavy atom. The molecule has 0 unspecified atom stereocenters. The Hall–Kier alpha value is -1.66. The van der Waals surface area contributed by atoms with Crippen LogP contribution in [-0.4, -0.2) is 45.8 Å². The fraction of sp³-hybridized carbons (Fsp3) is 0.714. The summed E-state index contributed by atoms with van der Waals surface area (Å²) in [6, 6.07) is 3.91. The van der Waals surface area contributed by atoms with Gasteiger partial charge in [0, 0.05) is 37.0 Å². The highest BCUT2D eigenvalue weighted by Gasteiger charge is 2.38. The molecule has 3 heterocycles. The van der Waals surface area contributed by atoms with Crippen molar-refractivity contribution in [2.45, 2.75) is 77.0 Å². The Kier molecular flexibility index (Phi) is 5.12. The van der Waals surface area contributed by atoms with Crippen LogP contribution in [0.15, 0.2) is 21.3 Å². The number of hydrogen-bond acceptors (Lipinski definition) is 5. The smallest absolute Gasteiger partial charge is 0.406 e. The number of aromatic nitrogens is 2. The number of oxazole rings is 1. The maximum absolute atomic E-state index is 12.4. The van der Waals surface area contributed by atoms with Crippen molar-refractivity contribution in [1.29, 1.82) is 0 Å². The largest absolute Gasteiger partial charge is 0.421 e. The van der Waals surface area contributed by atoms with Crippen LogP contribution in [0.25, 0.3) is 11.2 Å². The number of piperidine rings is 1. The Bertz CT molecular complexity index is 840. The molecule has 1 aliphatic carbocycles. The molecule has 6 nitrogen and oxygen atoms in total. The topological polar surface area (TPSA) is 60.5 Å². The molecule has 0 N–H and O–H groups in total. The van der Waals surface area contributed by atoms with Crippen LogP contribution in [0.4, 0.5) is 0 Å². The molecule has 0 radical (unpaired) electrons. The lowest BCUT2D eigenvalue weighted by Gasteiger charge is -2.48. The minimum atomic E-state index is -0.273. The number of pyridine rings is 1. The average molecular weight is 373 g/mol. The molecule has 2 fully saturated rings. The molecule has 2 aromatic heterocycles. The van der Waals surface area contributed by atoms with E-state index in [1.165, 1.54) is 12.8 Å². The van der Waals surface area contributed by atoms with Crippen molar-refractivity contribution in [3.63, 3.8) is 0 Å². The van der Waals surface area contributed by atoms with Crippen LogP contribution in [0.3, 0.4) is 0 Å². The maximum Gasteiger partial charge on any atom is 0.421 e. The van der Waals surface area contributed by atoms with Gasteiger partial charge in [-0.1, -0.05) is 0 Å². The zero-order chi connectivity index (χ0) is 19.0. The van der Waals surface area contributed by atoms with Crippen LogP contribution in [0.1, 0.15) is 64.1 Å². The number of nitrogens with zero attached hydrogens (tertiary/aromatic N) is 3. The van der Waals surface area contributed by atoms with E-state index in [1.807, 2.05) is 19.1 Å². The van der Waals surface area contributed by atoms with Gasteiger partial charge in [0.05, 0.1) is 6.10 Å². The van der Waals surface area contributed by atoms with E-state index < -0.39 is 0 Å². The summed E-state index contributed by atoms with van der Waals surface area (Å²) in [6.45, 7) is 9.28. The molecule has 1 aliphatic heterocycles. The second kappa shape index (κ2) is 7.40. The van der Waals surface area contributed by atoms with E-state index in [1.54, 1.807) is 4.57 Å². The van der Waals surface area contributed by atoms with Gasteiger partial charge in [-0.15, -0.1) is 0 Å². The molecule has 6 heteroatoms. The summed E-state index contributed by atoms with van der Waals surface area (Å²) in [7, 11) is 0. The van der Waals surface area contributed by atoms with E-state index in [0.29, 0.717) is 17.3 Å². The first-order valence-electron chi connectivity index (χ1n) is 10.4. The zero-order valence-corrected chi connectivity index (χ0v) is 16.7. The molecule has 1 saturated heterocycles. The Morgan fingerprint density at radius 1 is 1.22 bits per heavy atom. The molecule has 0 aromatic carbocycles. The van der Waals surface area contributed by atoms with E-state index in [4.69, 9.17) is 9.15 Å². The summed E-state index contributed by atoms with van der Waals surface area (Å²) in [6.07, 6.45) is 7.06. The van der Waals surface area contributed by atoms with E-state index in [2.05, 4.69) is 23.7 Å². The minimum Gasteiger partial charge on any atom is -0.406 e. The lowest BCUT2D eigenvalue weighted by Crippen LogP contribution is -2.53. The molecule has 4 rings (SSSR count). The Morgan fingerprint density at radius 3 is 2.59 bits per heavy atom. The Labute approximate surface area is 160 Å². The summed E-state index contributed by atoms with van der Waals surface area (Å²) in [5.41, 5.74) is 2.46. The molecule has 2 aliphatic rings. The lowest BCUT2D eigenvalue weighted by molar-refractivity contribution is -0.0274. The van der Waals surface area contributed by atoms with Gasteiger partial charge in [-0.05, 0) is 71.4 Å². The van der Waals surface area contributed by atoms with Gasteiger partial charge in [-0.25, -0.2) is 9.78 Å². The van der Waals surface area contributed by atoms with Gasteiger partial charge in [0.2, 0.25) is 0 Å². The standard InChI is InChI=1S/C21H31N3O3/c1-4-26-17-7-11-21(3,12-8-17)23-13-9-16(10-14-23)24-19-18(27-20(24)25)6-5-15(2)22-19/h5-6,16-17H,4,7-14H2,1-3H3. The number of aryl methyl sites for hydroxylation is 1. The SMILES string of the molecule is CCOC1CCC(C)(N2CCC(n3c(=O)oc4ccc(C)nc43)CC2)CC1. The van der Waals surface area contributed by atoms with Crippen LogP contribution >= 0.6 is 0 Å². The van der Waals surface area contributed by atoms with Gasteiger partial charge in [-0.2, -0.15) is 0 Å². The third-order valence-electron chi connectivity index (χ3n) is 6.61. The van der Waals surface area contributed by atoms with Crippen molar-refractivity contribution in [2.24, 2.45) is 0 Å². The monoisotopic (exact) mass is 373 g/mol. The lowest BCUT2D eigenvalue weighted by atomic mass is 9.79. The first kappa shape index (κ1) is 18.7. The summed E-state index contributed by atoms with van der Waals surface area (Å²) in [5.74, 6) is -0.273. The van der Waals surface area contributed by atoms with Crippen molar-refractivity contribution in [3.8, 4) is 0 Å². The highest BCUT2D eigenvalue weighted by atomic mass is 16.5. The molecule has 0 bridgehead atoms. The zero-order valence-electron chi connectivity index (χ0n) is 16.7. The van der Waals surface area contributed by atoms with E-state index in [-0.39, 0.29) is 17.3 Å². The molecule has 148 valence electrons. The second-order valence-corrected chi connectivity index (χ2v) is 8.38. The fourth-order valence-electron chi connectivity index (χ4n) is 4.93. The number of likely N-dealkylation sites (tertiary alicyclic amines) is 1. The number of ether oxygens (including phenoxy) is 1.